The molecule has 1 atom stereocenters. The molecule has 0 heterocycles. The zero-order valence-corrected chi connectivity index (χ0v) is 10.9. The molecule has 1 rings (SSSR count). The van der Waals surface area contributed by atoms with E-state index in [1.807, 2.05) is 0 Å². The summed E-state index contributed by atoms with van der Waals surface area (Å²) in [6.07, 6.45) is 8.55. The van der Waals surface area contributed by atoms with Gasteiger partial charge in [-0.25, -0.2) is 0 Å². The van der Waals surface area contributed by atoms with Crippen LogP contribution < -0.4 is 0 Å². The maximum absolute atomic E-state index is 10.7. The summed E-state index contributed by atoms with van der Waals surface area (Å²) in [6.45, 7) is 10.7. The molecule has 0 aliphatic heterocycles. The fourth-order valence-electron chi connectivity index (χ4n) is 2.85. The van der Waals surface area contributed by atoms with Gasteiger partial charge in [-0.2, -0.15) is 0 Å². The third-order valence-electron chi connectivity index (χ3n) is 3.82. The van der Waals surface area contributed by atoms with Crippen molar-refractivity contribution in [3.63, 3.8) is 0 Å². The van der Waals surface area contributed by atoms with Gasteiger partial charge in [-0.3, -0.25) is 4.79 Å². The van der Waals surface area contributed by atoms with Gasteiger partial charge in [0.2, 0.25) is 0 Å². The molecule has 1 saturated carbocycles. The van der Waals surface area contributed by atoms with Crippen molar-refractivity contribution in [2.45, 2.75) is 52.9 Å². The van der Waals surface area contributed by atoms with Crippen LogP contribution in [0, 0.1) is 11.3 Å². The third-order valence-corrected chi connectivity index (χ3v) is 3.82. The summed E-state index contributed by atoms with van der Waals surface area (Å²) in [5.74, 6) is 0.558. The van der Waals surface area contributed by atoms with E-state index in [0.29, 0.717) is 11.3 Å². The fourth-order valence-corrected chi connectivity index (χ4v) is 2.85. The van der Waals surface area contributed by atoms with Gasteiger partial charge in [0.1, 0.15) is 6.29 Å². The normalized spacial score (nSPS) is 26.7. The molecule has 1 aliphatic rings. The molecule has 0 spiro atoms. The van der Waals surface area contributed by atoms with E-state index in [2.05, 4.69) is 27.4 Å². The summed E-state index contributed by atoms with van der Waals surface area (Å²) in [7, 11) is 0. The van der Waals surface area contributed by atoms with E-state index in [-0.39, 0.29) is 0 Å². The number of carbonyl (C=O) groups excluding carboxylic acids is 1. The molecule has 16 heavy (non-hydrogen) atoms. The van der Waals surface area contributed by atoms with Crippen LogP contribution in [0.2, 0.25) is 0 Å². The molecule has 0 aromatic heterocycles. The lowest BCUT2D eigenvalue weighted by Gasteiger charge is -2.40. The number of allylic oxidation sites excluding steroid dienone is 3. The van der Waals surface area contributed by atoms with Crippen LogP contribution in [0.15, 0.2) is 23.8 Å². The van der Waals surface area contributed by atoms with Crippen molar-refractivity contribution < 1.29 is 4.79 Å². The predicted molar refractivity (Wildman–Crippen MR) is 69.3 cm³/mol. The summed E-state index contributed by atoms with van der Waals surface area (Å²) < 4.78 is 0. The van der Waals surface area contributed by atoms with Gasteiger partial charge in [-0.15, -0.1) is 6.58 Å². The molecule has 1 aliphatic carbocycles. The Morgan fingerprint density at radius 1 is 1.56 bits per heavy atom. The van der Waals surface area contributed by atoms with Gasteiger partial charge in [-0.1, -0.05) is 25.0 Å². The average Bonchev–Trinajstić information content (AvgIpc) is 2.15. The molecule has 0 aromatic rings. The van der Waals surface area contributed by atoms with Crippen molar-refractivity contribution >= 4 is 6.29 Å². The summed E-state index contributed by atoms with van der Waals surface area (Å²) in [5.41, 5.74) is 2.93. The van der Waals surface area contributed by atoms with Crippen LogP contribution in [0.4, 0.5) is 0 Å². The molecule has 0 bridgehead atoms. The van der Waals surface area contributed by atoms with Crippen molar-refractivity contribution in [3.8, 4) is 0 Å². The molecule has 1 fully saturated rings. The van der Waals surface area contributed by atoms with Crippen LogP contribution >= 0.6 is 0 Å². The summed E-state index contributed by atoms with van der Waals surface area (Å²) >= 11 is 0. The first-order valence-electron chi connectivity index (χ1n) is 6.26. The van der Waals surface area contributed by atoms with Crippen molar-refractivity contribution in [1.82, 2.24) is 0 Å². The topological polar surface area (TPSA) is 17.1 Å². The Bertz CT molecular complexity index is 297. The van der Waals surface area contributed by atoms with E-state index in [1.165, 1.54) is 24.0 Å². The average molecular weight is 220 g/mol. The maximum Gasteiger partial charge on any atom is 0.142 e. The first kappa shape index (κ1) is 13.2. The highest BCUT2D eigenvalue weighted by Crippen LogP contribution is 2.46. The molecular formula is C15H24O. The van der Waals surface area contributed by atoms with Crippen molar-refractivity contribution in [2.24, 2.45) is 11.3 Å². The van der Waals surface area contributed by atoms with Gasteiger partial charge in [0, 0.05) is 0 Å². The van der Waals surface area contributed by atoms with E-state index < -0.39 is 0 Å². The zero-order valence-electron chi connectivity index (χ0n) is 10.9. The Balaban J connectivity index is 2.80. The van der Waals surface area contributed by atoms with E-state index >= 15 is 0 Å². The van der Waals surface area contributed by atoms with Crippen LogP contribution in [0.1, 0.15) is 52.9 Å². The Labute approximate surface area is 99.6 Å². The lowest BCUT2D eigenvalue weighted by molar-refractivity contribution is -0.104. The quantitative estimate of drug-likeness (QED) is 0.392. The lowest BCUT2D eigenvalue weighted by Crippen LogP contribution is -2.30. The van der Waals surface area contributed by atoms with Crippen molar-refractivity contribution in [2.75, 3.05) is 0 Å². The first-order chi connectivity index (χ1) is 7.47. The van der Waals surface area contributed by atoms with E-state index in [0.717, 1.165) is 25.5 Å². The minimum atomic E-state index is 0.336. The smallest absolute Gasteiger partial charge is 0.142 e. The van der Waals surface area contributed by atoms with Gasteiger partial charge >= 0.3 is 0 Å². The Morgan fingerprint density at radius 3 is 2.81 bits per heavy atom. The largest absolute Gasteiger partial charge is 0.299 e. The van der Waals surface area contributed by atoms with Gasteiger partial charge in [0.15, 0.2) is 0 Å². The van der Waals surface area contributed by atoms with Gasteiger partial charge in [0.05, 0.1) is 0 Å². The number of hydrogen-bond acceptors (Lipinski definition) is 1. The maximum atomic E-state index is 10.7. The number of rotatable bonds is 4. The van der Waals surface area contributed by atoms with E-state index in [1.54, 1.807) is 6.08 Å². The van der Waals surface area contributed by atoms with Gasteiger partial charge < -0.3 is 0 Å². The molecule has 1 nitrogen and oxygen atoms in total. The SMILES string of the molecule is C=C(C)CCC1/C(=C\C=O)CCCC1(C)C. The molecule has 90 valence electrons. The van der Waals surface area contributed by atoms with Crippen LogP contribution in [0.5, 0.6) is 0 Å². The lowest BCUT2D eigenvalue weighted by atomic mass is 9.64. The van der Waals surface area contributed by atoms with Crippen molar-refractivity contribution in [1.29, 1.82) is 0 Å². The molecule has 1 heteroatoms. The van der Waals surface area contributed by atoms with Crippen molar-refractivity contribution in [3.05, 3.63) is 23.8 Å². The monoisotopic (exact) mass is 220 g/mol. The minimum Gasteiger partial charge on any atom is -0.299 e. The summed E-state index contributed by atoms with van der Waals surface area (Å²) in [6, 6.07) is 0. The van der Waals surface area contributed by atoms with Gasteiger partial charge in [-0.05, 0) is 56.4 Å². The van der Waals surface area contributed by atoms with Crippen LogP contribution in [-0.2, 0) is 4.79 Å². The molecule has 0 N–H and O–H groups in total. The third kappa shape index (κ3) is 3.33. The van der Waals surface area contributed by atoms with Gasteiger partial charge in [0.25, 0.3) is 0 Å². The Morgan fingerprint density at radius 2 is 2.25 bits per heavy atom. The molecule has 0 amide bonds. The summed E-state index contributed by atoms with van der Waals surface area (Å²) in [4.78, 5) is 10.7. The Kier molecular flexibility index (Phi) is 4.52. The molecule has 1 unspecified atom stereocenters. The number of hydrogen-bond donors (Lipinski definition) is 0. The second kappa shape index (κ2) is 5.47. The van der Waals surface area contributed by atoms with E-state index in [9.17, 15) is 4.79 Å². The van der Waals surface area contributed by atoms with Crippen LogP contribution in [0.25, 0.3) is 0 Å². The molecule has 0 aromatic carbocycles. The summed E-state index contributed by atoms with van der Waals surface area (Å²) in [5, 5.41) is 0. The highest BCUT2D eigenvalue weighted by molar-refractivity contribution is 5.66. The standard InChI is InChI=1S/C15H24O/c1-12(2)7-8-14-13(9-11-16)6-5-10-15(14,3)4/h9,11,14H,1,5-8,10H2,2-4H3/b13-9-. The fraction of sp³-hybridized carbons (Fsp3) is 0.667. The molecular weight excluding hydrogens is 196 g/mol. The van der Waals surface area contributed by atoms with Crippen LogP contribution in [-0.4, -0.2) is 6.29 Å². The highest BCUT2D eigenvalue weighted by atomic mass is 16.1. The predicted octanol–water partition coefficient (Wildman–Crippen LogP) is 4.29. The minimum absolute atomic E-state index is 0.336. The molecule has 0 saturated heterocycles. The number of aldehydes is 1. The Hall–Kier alpha value is -0.850. The first-order valence-corrected chi connectivity index (χ1v) is 6.26. The molecule has 0 radical (unpaired) electrons. The second-order valence-corrected chi connectivity index (χ2v) is 5.77. The van der Waals surface area contributed by atoms with E-state index in [4.69, 9.17) is 0 Å². The highest BCUT2D eigenvalue weighted by Gasteiger charge is 2.34. The zero-order chi connectivity index (χ0) is 12.2. The number of carbonyl (C=O) groups is 1. The second-order valence-electron chi connectivity index (χ2n) is 5.77. The van der Waals surface area contributed by atoms with Crippen LogP contribution in [0.3, 0.4) is 0 Å².